The molecule has 3 aromatic heterocycles. The van der Waals surface area contributed by atoms with Gasteiger partial charge in [-0.25, -0.2) is 9.78 Å². The predicted molar refractivity (Wildman–Crippen MR) is 102 cm³/mol. The maximum Gasteiger partial charge on any atom is 0.336 e. The Bertz CT molecular complexity index is 1140. The SMILES string of the molecule is Cc1cc(=O)oc2cc(OCc3csc(-c4ccccn4)n3)c(Cl)cc12. The second-order valence-electron chi connectivity index (χ2n) is 5.67. The first-order valence-electron chi connectivity index (χ1n) is 7.83. The van der Waals surface area contributed by atoms with Gasteiger partial charge in [-0.2, -0.15) is 0 Å². The monoisotopic (exact) mass is 384 g/mol. The summed E-state index contributed by atoms with van der Waals surface area (Å²) < 4.78 is 11.0. The lowest BCUT2D eigenvalue weighted by Gasteiger charge is -2.08. The maximum absolute atomic E-state index is 11.6. The summed E-state index contributed by atoms with van der Waals surface area (Å²) in [6.07, 6.45) is 1.73. The van der Waals surface area contributed by atoms with Gasteiger partial charge in [-0.15, -0.1) is 11.3 Å². The number of ether oxygens (including phenoxy) is 1. The van der Waals surface area contributed by atoms with Crippen LogP contribution in [-0.4, -0.2) is 9.97 Å². The lowest BCUT2D eigenvalue weighted by Crippen LogP contribution is -2.00. The molecule has 0 atom stereocenters. The van der Waals surface area contributed by atoms with Crippen molar-refractivity contribution in [3.8, 4) is 16.5 Å². The molecule has 3 heterocycles. The highest BCUT2D eigenvalue weighted by atomic mass is 35.5. The quantitative estimate of drug-likeness (QED) is 0.470. The minimum absolute atomic E-state index is 0.255. The Balaban J connectivity index is 1.57. The van der Waals surface area contributed by atoms with Crippen LogP contribution >= 0.6 is 22.9 Å². The van der Waals surface area contributed by atoms with Gasteiger partial charge >= 0.3 is 5.63 Å². The molecule has 0 amide bonds. The second-order valence-corrected chi connectivity index (χ2v) is 6.94. The van der Waals surface area contributed by atoms with Crippen LogP contribution in [0.1, 0.15) is 11.3 Å². The minimum Gasteiger partial charge on any atom is -0.486 e. The maximum atomic E-state index is 11.6. The van der Waals surface area contributed by atoms with Crippen molar-refractivity contribution in [2.75, 3.05) is 0 Å². The number of thiazole rings is 1. The van der Waals surface area contributed by atoms with E-state index in [-0.39, 0.29) is 6.61 Å². The fraction of sp³-hybridized carbons (Fsp3) is 0.105. The van der Waals surface area contributed by atoms with Gasteiger partial charge in [-0.1, -0.05) is 17.7 Å². The normalized spacial score (nSPS) is 11.0. The third-order valence-electron chi connectivity index (χ3n) is 3.82. The zero-order valence-electron chi connectivity index (χ0n) is 13.7. The molecule has 0 aliphatic heterocycles. The molecule has 0 radical (unpaired) electrons. The van der Waals surface area contributed by atoms with Crippen molar-refractivity contribution in [2.45, 2.75) is 13.5 Å². The molecule has 0 aliphatic rings. The van der Waals surface area contributed by atoms with Crippen LogP contribution < -0.4 is 10.4 Å². The van der Waals surface area contributed by atoms with Gasteiger partial charge in [0.1, 0.15) is 22.9 Å². The van der Waals surface area contributed by atoms with E-state index in [1.807, 2.05) is 30.5 Å². The van der Waals surface area contributed by atoms with Crippen molar-refractivity contribution in [1.82, 2.24) is 9.97 Å². The van der Waals surface area contributed by atoms with Gasteiger partial charge in [-0.3, -0.25) is 4.98 Å². The van der Waals surface area contributed by atoms with Gasteiger partial charge in [0.15, 0.2) is 0 Å². The first-order valence-corrected chi connectivity index (χ1v) is 9.08. The third-order valence-corrected chi connectivity index (χ3v) is 5.02. The van der Waals surface area contributed by atoms with Crippen LogP contribution in [0, 0.1) is 6.92 Å². The summed E-state index contributed by atoms with van der Waals surface area (Å²) in [5.41, 5.74) is 2.45. The zero-order chi connectivity index (χ0) is 18.1. The highest BCUT2D eigenvalue weighted by Crippen LogP contribution is 2.32. The van der Waals surface area contributed by atoms with Crippen molar-refractivity contribution in [1.29, 1.82) is 0 Å². The molecular formula is C19H13ClN2O3S. The zero-order valence-corrected chi connectivity index (χ0v) is 15.3. The molecule has 0 fully saturated rings. The number of halogens is 1. The van der Waals surface area contributed by atoms with E-state index in [0.29, 0.717) is 16.4 Å². The number of hydrogen-bond acceptors (Lipinski definition) is 6. The van der Waals surface area contributed by atoms with Gasteiger partial charge in [0.05, 0.1) is 16.4 Å². The van der Waals surface area contributed by atoms with E-state index in [2.05, 4.69) is 9.97 Å². The van der Waals surface area contributed by atoms with Crippen molar-refractivity contribution >= 4 is 33.9 Å². The Morgan fingerprint density at radius 1 is 1.27 bits per heavy atom. The fourth-order valence-corrected chi connectivity index (χ4v) is 3.56. The van der Waals surface area contributed by atoms with E-state index in [0.717, 1.165) is 27.3 Å². The smallest absolute Gasteiger partial charge is 0.336 e. The molecule has 1 aromatic carbocycles. The standard InChI is InChI=1S/C19H13ClN2O3S/c1-11-6-18(23)25-16-8-17(14(20)7-13(11)16)24-9-12-10-26-19(22-12)15-4-2-3-5-21-15/h2-8,10H,9H2,1H3. The summed E-state index contributed by atoms with van der Waals surface area (Å²) in [5.74, 6) is 0.445. The van der Waals surface area contributed by atoms with E-state index in [9.17, 15) is 4.79 Å². The lowest BCUT2D eigenvalue weighted by atomic mass is 10.1. The summed E-state index contributed by atoms with van der Waals surface area (Å²) in [5, 5.41) is 3.99. The van der Waals surface area contributed by atoms with Crippen LogP contribution in [-0.2, 0) is 6.61 Å². The van der Waals surface area contributed by atoms with Crippen LogP contribution in [0.25, 0.3) is 21.7 Å². The number of benzene rings is 1. The van der Waals surface area contributed by atoms with Gasteiger partial charge in [0, 0.05) is 29.1 Å². The van der Waals surface area contributed by atoms with Crippen molar-refractivity contribution in [2.24, 2.45) is 0 Å². The molecule has 0 bridgehead atoms. The molecule has 0 saturated carbocycles. The van der Waals surface area contributed by atoms with E-state index < -0.39 is 5.63 Å². The Morgan fingerprint density at radius 2 is 2.15 bits per heavy atom. The number of aryl methyl sites for hydroxylation is 1. The number of hydrogen-bond donors (Lipinski definition) is 0. The number of rotatable bonds is 4. The van der Waals surface area contributed by atoms with Crippen molar-refractivity contribution in [3.05, 3.63) is 74.7 Å². The molecule has 4 aromatic rings. The molecule has 0 aliphatic carbocycles. The third kappa shape index (κ3) is 3.34. The summed E-state index contributed by atoms with van der Waals surface area (Å²) in [7, 11) is 0. The molecule has 130 valence electrons. The highest BCUT2D eigenvalue weighted by molar-refractivity contribution is 7.13. The minimum atomic E-state index is -0.400. The topological polar surface area (TPSA) is 65.2 Å². The fourth-order valence-electron chi connectivity index (χ4n) is 2.56. The van der Waals surface area contributed by atoms with E-state index in [1.165, 1.54) is 17.4 Å². The van der Waals surface area contributed by atoms with Gasteiger partial charge in [0.25, 0.3) is 0 Å². The Labute approximate surface area is 157 Å². The Kier molecular flexibility index (Phi) is 4.44. The van der Waals surface area contributed by atoms with E-state index in [4.69, 9.17) is 20.8 Å². The molecule has 26 heavy (non-hydrogen) atoms. The molecule has 0 saturated heterocycles. The van der Waals surface area contributed by atoms with Gasteiger partial charge in [-0.05, 0) is 30.7 Å². The average Bonchev–Trinajstić information content (AvgIpc) is 3.10. The first-order chi connectivity index (χ1) is 12.6. The van der Waals surface area contributed by atoms with Crippen LogP contribution in [0.2, 0.25) is 5.02 Å². The largest absolute Gasteiger partial charge is 0.486 e. The molecule has 0 unspecified atom stereocenters. The Hall–Kier alpha value is -2.70. The number of nitrogens with zero attached hydrogens (tertiary/aromatic N) is 2. The van der Waals surface area contributed by atoms with Crippen LogP contribution in [0.15, 0.2) is 57.2 Å². The molecule has 4 rings (SSSR count). The average molecular weight is 385 g/mol. The predicted octanol–water partition coefficient (Wildman–Crippen LogP) is 4.85. The molecule has 5 nitrogen and oxygen atoms in total. The molecular weight excluding hydrogens is 372 g/mol. The highest BCUT2D eigenvalue weighted by Gasteiger charge is 2.11. The van der Waals surface area contributed by atoms with Crippen molar-refractivity contribution in [3.63, 3.8) is 0 Å². The van der Waals surface area contributed by atoms with Crippen LogP contribution in [0.3, 0.4) is 0 Å². The molecule has 0 spiro atoms. The van der Waals surface area contributed by atoms with Gasteiger partial charge < -0.3 is 9.15 Å². The second kappa shape index (κ2) is 6.90. The van der Waals surface area contributed by atoms with E-state index >= 15 is 0 Å². The van der Waals surface area contributed by atoms with Crippen LogP contribution in [0.5, 0.6) is 5.75 Å². The lowest BCUT2D eigenvalue weighted by molar-refractivity contribution is 0.302. The molecule has 7 heteroatoms. The van der Waals surface area contributed by atoms with Crippen molar-refractivity contribution < 1.29 is 9.15 Å². The number of aromatic nitrogens is 2. The Morgan fingerprint density at radius 3 is 2.96 bits per heavy atom. The molecule has 0 N–H and O–H groups in total. The summed E-state index contributed by atoms with van der Waals surface area (Å²) >= 11 is 7.81. The summed E-state index contributed by atoms with van der Waals surface area (Å²) in [4.78, 5) is 20.4. The number of fused-ring (bicyclic) bond motifs is 1. The van der Waals surface area contributed by atoms with Gasteiger partial charge in [0.2, 0.25) is 0 Å². The first kappa shape index (κ1) is 16.8. The summed E-state index contributed by atoms with van der Waals surface area (Å²) in [6.45, 7) is 2.09. The summed E-state index contributed by atoms with van der Waals surface area (Å²) in [6, 6.07) is 10.5. The van der Waals surface area contributed by atoms with E-state index in [1.54, 1.807) is 18.3 Å². The van der Waals surface area contributed by atoms with Crippen LogP contribution in [0.4, 0.5) is 0 Å². The number of pyridine rings is 1.